The number of hydrogen-bond acceptors (Lipinski definition) is 7. The molecule has 172 valence electrons. The van der Waals surface area contributed by atoms with E-state index in [1.165, 1.54) is 6.07 Å². The number of aromatic nitrogens is 5. The molecule has 1 saturated heterocycles. The summed E-state index contributed by atoms with van der Waals surface area (Å²) < 4.78 is 35.4. The summed E-state index contributed by atoms with van der Waals surface area (Å²) in [5.74, 6) is 0.0286. The Morgan fingerprint density at radius 2 is 1.76 bits per heavy atom. The van der Waals surface area contributed by atoms with Gasteiger partial charge in [-0.05, 0) is 27.0 Å². The molecule has 0 spiro atoms. The van der Waals surface area contributed by atoms with E-state index < -0.39 is 11.6 Å². The van der Waals surface area contributed by atoms with Crippen molar-refractivity contribution in [3.8, 4) is 11.6 Å². The van der Waals surface area contributed by atoms with Gasteiger partial charge in [0, 0.05) is 61.2 Å². The van der Waals surface area contributed by atoms with Gasteiger partial charge in [0.25, 0.3) is 0 Å². The van der Waals surface area contributed by atoms with Crippen LogP contribution in [0.1, 0.15) is 11.4 Å². The number of likely N-dealkylation sites (N-methyl/N-ethyl adjacent to an activating group) is 1. The molecule has 11 heteroatoms. The maximum atomic E-state index is 15.1. The second kappa shape index (κ2) is 8.32. The summed E-state index contributed by atoms with van der Waals surface area (Å²) in [6.45, 7) is 6.81. The van der Waals surface area contributed by atoms with Crippen molar-refractivity contribution in [2.24, 2.45) is 0 Å². The van der Waals surface area contributed by atoms with Crippen LogP contribution in [0, 0.1) is 25.5 Å². The van der Waals surface area contributed by atoms with E-state index in [-0.39, 0.29) is 22.5 Å². The molecule has 3 aromatic heterocycles. The summed E-state index contributed by atoms with van der Waals surface area (Å²) in [6.07, 6.45) is 0. The number of piperazine rings is 1. The molecule has 0 bridgehead atoms. The van der Waals surface area contributed by atoms with Crippen LogP contribution >= 0.6 is 0 Å². The molecule has 5 rings (SSSR count). The van der Waals surface area contributed by atoms with Crippen LogP contribution in [-0.4, -0.2) is 63.3 Å². The van der Waals surface area contributed by atoms with Gasteiger partial charge in [-0.3, -0.25) is 5.10 Å². The Hall–Kier alpha value is -3.73. The minimum absolute atomic E-state index is 0.0959. The molecule has 4 aromatic rings. The van der Waals surface area contributed by atoms with Gasteiger partial charge in [0.15, 0.2) is 23.2 Å². The van der Waals surface area contributed by atoms with Crippen molar-refractivity contribution >= 4 is 28.5 Å². The Bertz CT molecular complexity index is 1310. The smallest absolute Gasteiger partial charge is 0.230 e. The van der Waals surface area contributed by atoms with Crippen LogP contribution in [0.3, 0.4) is 0 Å². The fraction of sp³-hybridized carbons (Fsp3) is 0.318. The van der Waals surface area contributed by atoms with E-state index in [9.17, 15) is 4.39 Å². The Kier molecular flexibility index (Phi) is 5.33. The van der Waals surface area contributed by atoms with Crippen molar-refractivity contribution in [2.45, 2.75) is 13.8 Å². The van der Waals surface area contributed by atoms with Gasteiger partial charge in [0.1, 0.15) is 5.82 Å². The maximum absolute atomic E-state index is 15.1. The van der Waals surface area contributed by atoms with E-state index >= 15 is 4.39 Å². The summed E-state index contributed by atoms with van der Waals surface area (Å²) >= 11 is 0. The number of nitrogens with one attached hydrogen (secondary N) is 3. The highest BCUT2D eigenvalue weighted by molar-refractivity contribution is 5.83. The number of ether oxygens (including phenoxy) is 1. The van der Waals surface area contributed by atoms with Gasteiger partial charge in [0.05, 0.1) is 5.52 Å². The first kappa shape index (κ1) is 21.1. The molecule has 3 N–H and O–H groups in total. The standard InChI is InChI=1S/C22H24F2N8O/c1-12-8-14-20(24)16(10-15(23)21(14)25-12)33-19-11-17(26-18-9-13(2)29-30-18)27-22(28-19)32-6-4-31(3)5-7-32/h8-11,25H,4-7H2,1-3H3,(H2,26,27,28,29,30). The Morgan fingerprint density at radius 3 is 2.48 bits per heavy atom. The quantitative estimate of drug-likeness (QED) is 0.421. The van der Waals surface area contributed by atoms with Crippen LogP contribution < -0.4 is 15.0 Å². The summed E-state index contributed by atoms with van der Waals surface area (Å²) in [5.41, 5.74) is 1.64. The third kappa shape index (κ3) is 4.31. The fourth-order valence-electron chi connectivity index (χ4n) is 3.81. The average Bonchev–Trinajstić information content (AvgIpc) is 3.37. The number of aromatic amines is 2. The molecule has 0 saturated carbocycles. The van der Waals surface area contributed by atoms with E-state index in [2.05, 4.69) is 42.4 Å². The predicted octanol–water partition coefficient (Wildman–Crippen LogP) is 3.86. The molecule has 0 atom stereocenters. The third-order valence-electron chi connectivity index (χ3n) is 5.56. The van der Waals surface area contributed by atoms with Crippen LogP contribution in [0.5, 0.6) is 11.6 Å². The third-order valence-corrected chi connectivity index (χ3v) is 5.56. The lowest BCUT2D eigenvalue weighted by Crippen LogP contribution is -2.45. The molecule has 9 nitrogen and oxygen atoms in total. The number of aryl methyl sites for hydroxylation is 2. The first-order valence-electron chi connectivity index (χ1n) is 10.6. The highest BCUT2D eigenvalue weighted by Gasteiger charge is 2.21. The summed E-state index contributed by atoms with van der Waals surface area (Å²) in [7, 11) is 2.06. The van der Waals surface area contributed by atoms with Crippen molar-refractivity contribution in [2.75, 3.05) is 43.4 Å². The monoisotopic (exact) mass is 454 g/mol. The Morgan fingerprint density at radius 1 is 0.970 bits per heavy atom. The molecule has 1 aliphatic rings. The SMILES string of the molecule is Cc1cc(Nc2cc(Oc3cc(F)c4[nH]c(C)cc4c3F)nc(N3CCN(C)CC3)n2)n[nH]1. The summed E-state index contributed by atoms with van der Waals surface area (Å²) in [4.78, 5) is 16.2. The molecule has 0 radical (unpaired) electrons. The zero-order chi connectivity index (χ0) is 23.1. The number of rotatable bonds is 5. The minimum atomic E-state index is -0.659. The highest BCUT2D eigenvalue weighted by atomic mass is 19.1. The largest absolute Gasteiger partial charge is 0.436 e. The van der Waals surface area contributed by atoms with Crippen molar-refractivity contribution < 1.29 is 13.5 Å². The van der Waals surface area contributed by atoms with Crippen LogP contribution in [-0.2, 0) is 0 Å². The van der Waals surface area contributed by atoms with Gasteiger partial charge < -0.3 is 24.8 Å². The van der Waals surface area contributed by atoms with Gasteiger partial charge in [-0.15, -0.1) is 0 Å². The topological polar surface area (TPSA) is 98.0 Å². The van der Waals surface area contributed by atoms with Crippen molar-refractivity contribution in [3.05, 3.63) is 47.3 Å². The first-order valence-corrected chi connectivity index (χ1v) is 10.6. The molecular weight excluding hydrogens is 430 g/mol. The number of H-pyrrole nitrogens is 2. The van der Waals surface area contributed by atoms with Gasteiger partial charge in [-0.25, -0.2) is 8.78 Å². The van der Waals surface area contributed by atoms with Gasteiger partial charge in [-0.1, -0.05) is 0 Å². The molecule has 1 aliphatic heterocycles. The molecule has 0 aliphatic carbocycles. The van der Waals surface area contributed by atoms with Gasteiger partial charge >= 0.3 is 0 Å². The normalized spacial score (nSPS) is 14.8. The fourth-order valence-corrected chi connectivity index (χ4v) is 3.81. The maximum Gasteiger partial charge on any atom is 0.230 e. The van der Waals surface area contributed by atoms with Crippen LogP contribution in [0.4, 0.5) is 26.4 Å². The molecule has 4 heterocycles. The number of halogens is 2. The van der Waals surface area contributed by atoms with Crippen molar-refractivity contribution in [1.82, 2.24) is 30.0 Å². The molecule has 1 aromatic carbocycles. The Labute approximate surface area is 188 Å². The number of nitrogens with zero attached hydrogens (tertiary/aromatic N) is 5. The number of anilines is 3. The van der Waals surface area contributed by atoms with E-state index in [4.69, 9.17) is 4.74 Å². The Balaban J connectivity index is 1.51. The lowest BCUT2D eigenvalue weighted by atomic mass is 10.2. The van der Waals surface area contributed by atoms with Gasteiger partial charge in [0.2, 0.25) is 11.8 Å². The lowest BCUT2D eigenvalue weighted by Gasteiger charge is -2.32. The van der Waals surface area contributed by atoms with E-state index in [1.54, 1.807) is 13.0 Å². The molecular formula is C22H24F2N8O. The van der Waals surface area contributed by atoms with E-state index in [0.29, 0.717) is 23.3 Å². The number of benzene rings is 1. The van der Waals surface area contributed by atoms with Crippen LogP contribution in [0.15, 0.2) is 24.3 Å². The summed E-state index contributed by atoms with van der Waals surface area (Å²) in [5, 5.41) is 10.3. The van der Waals surface area contributed by atoms with Crippen molar-refractivity contribution in [1.29, 1.82) is 0 Å². The second-order valence-electron chi connectivity index (χ2n) is 8.26. The number of hydrogen-bond donors (Lipinski definition) is 3. The zero-order valence-electron chi connectivity index (χ0n) is 18.5. The lowest BCUT2D eigenvalue weighted by molar-refractivity contribution is 0.310. The minimum Gasteiger partial charge on any atom is -0.436 e. The second-order valence-corrected chi connectivity index (χ2v) is 8.26. The molecule has 0 unspecified atom stereocenters. The number of fused-ring (bicyclic) bond motifs is 1. The molecule has 33 heavy (non-hydrogen) atoms. The van der Waals surface area contributed by atoms with E-state index in [1.807, 2.05) is 17.9 Å². The first-order chi connectivity index (χ1) is 15.9. The highest BCUT2D eigenvalue weighted by Crippen LogP contribution is 2.33. The summed E-state index contributed by atoms with van der Waals surface area (Å²) in [6, 6.07) is 5.93. The average molecular weight is 454 g/mol. The molecule has 1 fully saturated rings. The van der Waals surface area contributed by atoms with Crippen molar-refractivity contribution in [3.63, 3.8) is 0 Å². The van der Waals surface area contributed by atoms with E-state index in [0.717, 1.165) is 37.9 Å². The van der Waals surface area contributed by atoms with Gasteiger partial charge in [-0.2, -0.15) is 15.1 Å². The van der Waals surface area contributed by atoms with Crippen LogP contribution in [0.25, 0.3) is 10.9 Å². The zero-order valence-corrected chi connectivity index (χ0v) is 18.5. The predicted molar refractivity (Wildman–Crippen MR) is 121 cm³/mol. The molecule has 0 amide bonds. The van der Waals surface area contributed by atoms with Crippen LogP contribution in [0.2, 0.25) is 0 Å².